The molecule has 0 bridgehead atoms. The van der Waals surface area contributed by atoms with Crippen LogP contribution in [-0.2, 0) is 20.7 Å². The van der Waals surface area contributed by atoms with Crippen LogP contribution in [-0.4, -0.2) is 44.7 Å². The van der Waals surface area contributed by atoms with Crippen molar-refractivity contribution in [3.8, 4) is 5.75 Å². The lowest BCUT2D eigenvalue weighted by Gasteiger charge is -2.26. The highest BCUT2D eigenvalue weighted by Crippen LogP contribution is 2.32. The van der Waals surface area contributed by atoms with Gasteiger partial charge in [0.1, 0.15) is 5.75 Å². The molecule has 1 atom stereocenters. The lowest BCUT2D eigenvalue weighted by Crippen LogP contribution is -2.35. The number of anilines is 1. The summed E-state index contributed by atoms with van der Waals surface area (Å²) in [5.74, 6) is 0.541. The van der Waals surface area contributed by atoms with Crippen molar-refractivity contribution in [1.29, 1.82) is 0 Å². The molecule has 1 saturated heterocycles. The molecule has 0 aliphatic carbocycles. The van der Waals surface area contributed by atoms with Gasteiger partial charge in [-0.05, 0) is 30.5 Å². The van der Waals surface area contributed by atoms with Crippen LogP contribution in [0.3, 0.4) is 0 Å². The van der Waals surface area contributed by atoms with E-state index in [0.29, 0.717) is 18.0 Å². The van der Waals surface area contributed by atoms with Crippen molar-refractivity contribution in [2.75, 3.05) is 31.7 Å². The first kappa shape index (κ1) is 14.8. The largest absolute Gasteiger partial charge is 0.482 e. The minimum absolute atomic E-state index is 0.0406. The normalized spacial score (nSPS) is 20.5. The van der Waals surface area contributed by atoms with E-state index in [1.807, 2.05) is 12.1 Å². The van der Waals surface area contributed by atoms with Crippen LogP contribution in [0.2, 0.25) is 0 Å². The third-order valence-corrected chi connectivity index (χ3v) is 4.03. The molecule has 1 unspecified atom stereocenters. The fourth-order valence-electron chi connectivity index (χ4n) is 2.71. The zero-order chi connectivity index (χ0) is 15.5. The lowest BCUT2D eigenvalue weighted by molar-refractivity contribution is -0.121. The number of nitrogens with one attached hydrogen (secondary N) is 1. The molecule has 2 amide bonds. The van der Waals surface area contributed by atoms with Gasteiger partial charge in [0.25, 0.3) is 5.91 Å². The minimum atomic E-state index is -0.0903. The predicted molar refractivity (Wildman–Crippen MR) is 81.0 cm³/mol. The molecule has 22 heavy (non-hydrogen) atoms. The monoisotopic (exact) mass is 304 g/mol. The SMILES string of the molecule is CN1C(=O)COc2ccc(CC(=O)NCC3CCCO3)cc21. The van der Waals surface area contributed by atoms with Gasteiger partial charge < -0.3 is 19.7 Å². The van der Waals surface area contributed by atoms with Crippen LogP contribution in [0.4, 0.5) is 5.69 Å². The molecular formula is C16H20N2O4. The number of amides is 2. The van der Waals surface area contributed by atoms with Crippen LogP contribution in [0, 0.1) is 0 Å². The Morgan fingerprint density at radius 1 is 1.45 bits per heavy atom. The maximum atomic E-state index is 12.0. The molecule has 6 heteroatoms. The van der Waals surface area contributed by atoms with Gasteiger partial charge in [-0.3, -0.25) is 9.59 Å². The van der Waals surface area contributed by atoms with E-state index in [9.17, 15) is 9.59 Å². The van der Waals surface area contributed by atoms with Crippen molar-refractivity contribution in [3.05, 3.63) is 23.8 Å². The Balaban J connectivity index is 1.60. The molecule has 1 fully saturated rings. The second-order valence-electron chi connectivity index (χ2n) is 5.66. The first-order valence-electron chi connectivity index (χ1n) is 7.54. The van der Waals surface area contributed by atoms with Gasteiger partial charge in [0, 0.05) is 20.2 Å². The van der Waals surface area contributed by atoms with Crippen LogP contribution in [0.25, 0.3) is 0 Å². The summed E-state index contributed by atoms with van der Waals surface area (Å²) in [6.07, 6.45) is 2.49. The number of nitrogens with zero attached hydrogens (tertiary/aromatic N) is 1. The number of fused-ring (bicyclic) bond motifs is 1. The van der Waals surface area contributed by atoms with Gasteiger partial charge in [-0.2, -0.15) is 0 Å². The quantitative estimate of drug-likeness (QED) is 0.896. The number of benzene rings is 1. The van der Waals surface area contributed by atoms with Crippen molar-refractivity contribution in [1.82, 2.24) is 5.32 Å². The Hall–Kier alpha value is -2.08. The number of rotatable bonds is 4. The predicted octanol–water partition coefficient (Wildman–Crippen LogP) is 0.879. The van der Waals surface area contributed by atoms with Gasteiger partial charge in [-0.1, -0.05) is 6.07 Å². The number of carbonyl (C=O) groups excluding carboxylic acids is 2. The third kappa shape index (κ3) is 3.22. The lowest BCUT2D eigenvalue weighted by atomic mass is 10.1. The Labute approximate surface area is 129 Å². The Bertz CT molecular complexity index is 582. The Morgan fingerprint density at radius 2 is 2.32 bits per heavy atom. The number of likely N-dealkylation sites (N-methyl/N-ethyl adjacent to an activating group) is 1. The molecular weight excluding hydrogens is 284 g/mol. The molecule has 1 aromatic rings. The summed E-state index contributed by atoms with van der Waals surface area (Å²) in [6, 6.07) is 5.49. The summed E-state index contributed by atoms with van der Waals surface area (Å²) in [4.78, 5) is 25.2. The van der Waals surface area contributed by atoms with E-state index in [-0.39, 0.29) is 30.9 Å². The van der Waals surface area contributed by atoms with Crippen LogP contribution in [0.15, 0.2) is 18.2 Å². The molecule has 2 aliphatic heterocycles. The molecule has 0 radical (unpaired) electrons. The van der Waals surface area contributed by atoms with E-state index in [2.05, 4.69) is 5.32 Å². The second kappa shape index (κ2) is 6.36. The van der Waals surface area contributed by atoms with Gasteiger partial charge in [0.2, 0.25) is 5.91 Å². The van der Waals surface area contributed by atoms with Crippen LogP contribution < -0.4 is 15.0 Å². The maximum absolute atomic E-state index is 12.0. The van der Waals surface area contributed by atoms with Crippen LogP contribution in [0.5, 0.6) is 5.75 Å². The Morgan fingerprint density at radius 3 is 3.09 bits per heavy atom. The van der Waals surface area contributed by atoms with Crippen LogP contribution in [0.1, 0.15) is 18.4 Å². The average Bonchev–Trinajstić information content (AvgIpc) is 3.03. The molecule has 2 aliphatic rings. The fraction of sp³-hybridized carbons (Fsp3) is 0.500. The molecule has 118 valence electrons. The highest BCUT2D eigenvalue weighted by atomic mass is 16.5. The van der Waals surface area contributed by atoms with E-state index < -0.39 is 0 Å². The standard InChI is InChI=1S/C16H20N2O4/c1-18-13-7-11(4-5-14(13)22-10-16(18)20)8-15(19)17-9-12-3-2-6-21-12/h4-5,7,12H,2-3,6,8-10H2,1H3,(H,17,19). The Kier molecular flexibility index (Phi) is 4.29. The summed E-state index contributed by atoms with van der Waals surface area (Å²) in [5.41, 5.74) is 1.56. The van der Waals surface area contributed by atoms with Crippen LogP contribution >= 0.6 is 0 Å². The number of carbonyl (C=O) groups is 2. The summed E-state index contributed by atoms with van der Waals surface area (Å²) in [5, 5.41) is 2.90. The zero-order valence-electron chi connectivity index (χ0n) is 12.6. The third-order valence-electron chi connectivity index (χ3n) is 4.03. The summed E-state index contributed by atoms with van der Waals surface area (Å²) in [7, 11) is 1.71. The van der Waals surface area contributed by atoms with E-state index in [1.165, 1.54) is 0 Å². The molecule has 0 spiro atoms. The van der Waals surface area contributed by atoms with Gasteiger partial charge in [-0.25, -0.2) is 0 Å². The molecule has 6 nitrogen and oxygen atoms in total. The van der Waals surface area contributed by atoms with Crippen molar-refractivity contribution in [2.45, 2.75) is 25.4 Å². The number of hydrogen-bond donors (Lipinski definition) is 1. The van der Waals surface area contributed by atoms with E-state index in [1.54, 1.807) is 18.0 Å². The van der Waals surface area contributed by atoms with Crippen molar-refractivity contribution < 1.29 is 19.1 Å². The fourth-order valence-corrected chi connectivity index (χ4v) is 2.71. The molecule has 2 heterocycles. The minimum Gasteiger partial charge on any atom is -0.482 e. The van der Waals surface area contributed by atoms with E-state index in [0.717, 1.165) is 25.0 Å². The molecule has 1 aromatic carbocycles. The number of hydrogen-bond acceptors (Lipinski definition) is 4. The topological polar surface area (TPSA) is 67.9 Å². The summed E-state index contributed by atoms with van der Waals surface area (Å²) in [6.45, 7) is 1.40. The van der Waals surface area contributed by atoms with E-state index in [4.69, 9.17) is 9.47 Å². The number of ether oxygens (including phenoxy) is 2. The zero-order valence-corrected chi connectivity index (χ0v) is 12.6. The van der Waals surface area contributed by atoms with Crippen molar-refractivity contribution in [3.63, 3.8) is 0 Å². The van der Waals surface area contributed by atoms with E-state index >= 15 is 0 Å². The van der Waals surface area contributed by atoms with Gasteiger partial charge in [0.15, 0.2) is 6.61 Å². The molecule has 3 rings (SSSR count). The summed E-state index contributed by atoms with van der Waals surface area (Å²) >= 11 is 0. The second-order valence-corrected chi connectivity index (χ2v) is 5.66. The first-order valence-corrected chi connectivity index (χ1v) is 7.54. The molecule has 0 saturated carbocycles. The maximum Gasteiger partial charge on any atom is 0.264 e. The van der Waals surface area contributed by atoms with Gasteiger partial charge in [-0.15, -0.1) is 0 Å². The van der Waals surface area contributed by atoms with Crippen molar-refractivity contribution >= 4 is 17.5 Å². The van der Waals surface area contributed by atoms with Crippen molar-refractivity contribution in [2.24, 2.45) is 0 Å². The molecule has 0 aromatic heterocycles. The molecule has 1 N–H and O–H groups in total. The van der Waals surface area contributed by atoms with Gasteiger partial charge >= 0.3 is 0 Å². The summed E-state index contributed by atoms with van der Waals surface area (Å²) < 4.78 is 10.9. The average molecular weight is 304 g/mol. The van der Waals surface area contributed by atoms with Gasteiger partial charge in [0.05, 0.1) is 18.2 Å². The highest BCUT2D eigenvalue weighted by molar-refractivity contribution is 5.97. The smallest absolute Gasteiger partial charge is 0.264 e. The highest BCUT2D eigenvalue weighted by Gasteiger charge is 2.22. The first-order chi connectivity index (χ1) is 10.6.